The van der Waals surface area contributed by atoms with Crippen molar-refractivity contribution >= 4 is 17.5 Å². The van der Waals surface area contributed by atoms with Crippen LogP contribution in [0.25, 0.3) is 0 Å². The smallest absolute Gasteiger partial charge is 0.287 e. The Balaban J connectivity index is 1.41. The number of benzene rings is 2. The molecular formula is C21H18N2O4. The largest absolute Gasteiger partial charge is 0.489 e. The van der Waals surface area contributed by atoms with E-state index in [9.17, 15) is 9.59 Å². The van der Waals surface area contributed by atoms with E-state index < -0.39 is 11.9 Å². The zero-order chi connectivity index (χ0) is 18.6. The molecule has 2 amide bonds. The molecule has 6 heteroatoms. The van der Waals surface area contributed by atoms with Crippen molar-refractivity contribution in [3.05, 3.63) is 83.8 Å². The number of hydrogen-bond donors (Lipinski definition) is 2. The van der Waals surface area contributed by atoms with Gasteiger partial charge in [-0.3, -0.25) is 9.59 Å². The number of amides is 2. The van der Waals surface area contributed by atoms with Crippen molar-refractivity contribution in [2.45, 2.75) is 12.5 Å². The highest BCUT2D eigenvalue weighted by atomic mass is 16.5. The summed E-state index contributed by atoms with van der Waals surface area (Å²) in [7, 11) is 0. The van der Waals surface area contributed by atoms with Crippen LogP contribution >= 0.6 is 0 Å². The van der Waals surface area contributed by atoms with Gasteiger partial charge in [0, 0.05) is 6.42 Å². The molecule has 2 heterocycles. The van der Waals surface area contributed by atoms with E-state index in [0.717, 1.165) is 5.56 Å². The van der Waals surface area contributed by atoms with Crippen LogP contribution in [0.4, 0.5) is 5.69 Å². The fourth-order valence-electron chi connectivity index (χ4n) is 2.89. The Labute approximate surface area is 156 Å². The predicted molar refractivity (Wildman–Crippen MR) is 99.8 cm³/mol. The van der Waals surface area contributed by atoms with Gasteiger partial charge in [0.2, 0.25) is 0 Å². The fraction of sp³-hybridized carbons (Fsp3) is 0.143. The van der Waals surface area contributed by atoms with E-state index >= 15 is 0 Å². The van der Waals surface area contributed by atoms with Gasteiger partial charge < -0.3 is 19.8 Å². The van der Waals surface area contributed by atoms with Crippen LogP contribution in [-0.4, -0.2) is 24.5 Å². The molecule has 1 aromatic heterocycles. The topological polar surface area (TPSA) is 80.6 Å². The maximum Gasteiger partial charge on any atom is 0.287 e. The van der Waals surface area contributed by atoms with E-state index in [-0.39, 0.29) is 18.3 Å². The number of furan rings is 1. The van der Waals surface area contributed by atoms with Crippen LogP contribution in [0.2, 0.25) is 0 Å². The Hall–Kier alpha value is -3.54. The molecule has 3 aromatic rings. The second-order valence-corrected chi connectivity index (χ2v) is 6.25. The lowest BCUT2D eigenvalue weighted by Crippen LogP contribution is -2.46. The van der Waals surface area contributed by atoms with Gasteiger partial charge in [0.25, 0.3) is 11.8 Å². The first-order valence-electron chi connectivity index (χ1n) is 8.65. The average Bonchev–Trinajstić information content (AvgIpc) is 3.09. The van der Waals surface area contributed by atoms with Crippen molar-refractivity contribution in [1.82, 2.24) is 5.32 Å². The van der Waals surface area contributed by atoms with Gasteiger partial charge in [-0.15, -0.1) is 0 Å². The summed E-state index contributed by atoms with van der Waals surface area (Å²) in [6.45, 7) is 0.0478. The first kappa shape index (κ1) is 16.9. The lowest BCUT2D eigenvalue weighted by Gasteiger charge is -2.13. The van der Waals surface area contributed by atoms with Crippen molar-refractivity contribution < 1.29 is 18.7 Å². The summed E-state index contributed by atoms with van der Waals surface area (Å²) in [5.41, 5.74) is 1.68. The van der Waals surface area contributed by atoms with Crippen LogP contribution in [0.1, 0.15) is 21.9 Å². The Morgan fingerprint density at radius 1 is 1.04 bits per heavy atom. The standard InChI is InChI=1S/C21H18N2O4/c24-20-17(13-26-18-9-5-4-8-16(18)22-20)23-21(25)19-11-10-15(27-19)12-14-6-2-1-3-7-14/h1-11,17H,12-13H2,(H,22,24)(H,23,25). The van der Waals surface area contributed by atoms with E-state index in [1.165, 1.54) is 0 Å². The molecule has 1 atom stereocenters. The molecule has 0 spiro atoms. The van der Waals surface area contributed by atoms with E-state index in [1.54, 1.807) is 30.3 Å². The first-order valence-corrected chi connectivity index (χ1v) is 8.65. The molecule has 0 saturated carbocycles. The van der Waals surface area contributed by atoms with Crippen LogP contribution in [0.5, 0.6) is 5.75 Å². The maximum absolute atomic E-state index is 12.5. The molecule has 0 radical (unpaired) electrons. The number of hydrogen-bond acceptors (Lipinski definition) is 4. The molecule has 0 aliphatic carbocycles. The molecule has 2 N–H and O–H groups in total. The molecular weight excluding hydrogens is 344 g/mol. The Kier molecular flexibility index (Phi) is 4.61. The number of carbonyl (C=O) groups is 2. The molecule has 6 nitrogen and oxygen atoms in total. The van der Waals surface area contributed by atoms with E-state index in [1.807, 2.05) is 36.4 Å². The second-order valence-electron chi connectivity index (χ2n) is 6.25. The third-order valence-corrected chi connectivity index (χ3v) is 4.28. The van der Waals surface area contributed by atoms with Crippen LogP contribution in [-0.2, 0) is 11.2 Å². The Morgan fingerprint density at radius 2 is 1.81 bits per heavy atom. The van der Waals surface area contributed by atoms with Gasteiger partial charge >= 0.3 is 0 Å². The van der Waals surface area contributed by atoms with Crippen LogP contribution in [0.15, 0.2) is 71.1 Å². The maximum atomic E-state index is 12.5. The molecule has 4 rings (SSSR count). The summed E-state index contributed by atoms with van der Waals surface area (Å²) in [5.74, 6) is 0.634. The second kappa shape index (κ2) is 7.37. The number of fused-ring (bicyclic) bond motifs is 1. The van der Waals surface area contributed by atoms with E-state index in [0.29, 0.717) is 23.6 Å². The average molecular weight is 362 g/mol. The van der Waals surface area contributed by atoms with Crippen LogP contribution in [0, 0.1) is 0 Å². The van der Waals surface area contributed by atoms with Crippen LogP contribution in [0.3, 0.4) is 0 Å². The van der Waals surface area contributed by atoms with Gasteiger partial charge in [-0.05, 0) is 29.8 Å². The number of carbonyl (C=O) groups excluding carboxylic acids is 2. The molecule has 0 fully saturated rings. The number of ether oxygens (including phenoxy) is 1. The minimum Gasteiger partial charge on any atom is -0.489 e. The summed E-state index contributed by atoms with van der Waals surface area (Å²) in [6.07, 6.45) is 0.594. The summed E-state index contributed by atoms with van der Waals surface area (Å²) < 4.78 is 11.3. The van der Waals surface area contributed by atoms with Crippen molar-refractivity contribution in [2.24, 2.45) is 0 Å². The lowest BCUT2D eigenvalue weighted by atomic mass is 10.1. The molecule has 2 aromatic carbocycles. The molecule has 27 heavy (non-hydrogen) atoms. The summed E-state index contributed by atoms with van der Waals surface area (Å²) in [5, 5.41) is 5.43. The Morgan fingerprint density at radius 3 is 2.67 bits per heavy atom. The highest BCUT2D eigenvalue weighted by Gasteiger charge is 2.27. The molecule has 1 unspecified atom stereocenters. The minimum absolute atomic E-state index is 0.0478. The lowest BCUT2D eigenvalue weighted by molar-refractivity contribution is -0.118. The summed E-state index contributed by atoms with van der Waals surface area (Å²) in [4.78, 5) is 24.8. The molecule has 136 valence electrons. The van der Waals surface area contributed by atoms with Crippen molar-refractivity contribution in [3.63, 3.8) is 0 Å². The van der Waals surface area contributed by atoms with E-state index in [2.05, 4.69) is 10.6 Å². The number of para-hydroxylation sites is 2. The van der Waals surface area contributed by atoms with Gasteiger partial charge in [-0.25, -0.2) is 0 Å². The number of anilines is 1. The molecule has 0 saturated heterocycles. The highest BCUT2D eigenvalue weighted by Crippen LogP contribution is 2.26. The summed E-state index contributed by atoms with van der Waals surface area (Å²) in [6, 6.07) is 19.5. The first-order chi connectivity index (χ1) is 13.2. The van der Waals surface area contributed by atoms with Gasteiger partial charge in [0.15, 0.2) is 5.76 Å². The Bertz CT molecular complexity index is 965. The minimum atomic E-state index is -0.812. The molecule has 0 bridgehead atoms. The van der Waals surface area contributed by atoms with Crippen molar-refractivity contribution in [3.8, 4) is 5.75 Å². The van der Waals surface area contributed by atoms with E-state index in [4.69, 9.17) is 9.15 Å². The zero-order valence-electron chi connectivity index (χ0n) is 14.5. The third kappa shape index (κ3) is 3.84. The zero-order valence-corrected chi connectivity index (χ0v) is 14.5. The monoisotopic (exact) mass is 362 g/mol. The molecule has 1 aliphatic rings. The quantitative estimate of drug-likeness (QED) is 0.748. The van der Waals surface area contributed by atoms with Crippen LogP contribution < -0.4 is 15.4 Å². The SMILES string of the molecule is O=C(NC1COc2ccccc2NC1=O)c1ccc(Cc2ccccc2)o1. The van der Waals surface area contributed by atoms with Crippen molar-refractivity contribution in [1.29, 1.82) is 0 Å². The van der Waals surface area contributed by atoms with Crippen molar-refractivity contribution in [2.75, 3.05) is 11.9 Å². The fourth-order valence-corrected chi connectivity index (χ4v) is 2.89. The van der Waals surface area contributed by atoms with Gasteiger partial charge in [-0.2, -0.15) is 0 Å². The number of rotatable bonds is 4. The highest BCUT2D eigenvalue weighted by molar-refractivity contribution is 6.01. The summed E-state index contributed by atoms with van der Waals surface area (Å²) >= 11 is 0. The predicted octanol–water partition coefficient (Wildman–Crippen LogP) is 3.00. The number of nitrogens with one attached hydrogen (secondary N) is 2. The third-order valence-electron chi connectivity index (χ3n) is 4.28. The normalized spacial score (nSPS) is 15.9. The van der Waals surface area contributed by atoms with Gasteiger partial charge in [0.1, 0.15) is 24.2 Å². The van der Waals surface area contributed by atoms with Gasteiger partial charge in [0.05, 0.1) is 5.69 Å². The van der Waals surface area contributed by atoms with Gasteiger partial charge in [-0.1, -0.05) is 42.5 Å². The molecule has 1 aliphatic heterocycles.